The highest BCUT2D eigenvalue weighted by Crippen LogP contribution is 2.34. The molecule has 0 aliphatic rings. The molecule has 2 rings (SSSR count). The van der Waals surface area contributed by atoms with Gasteiger partial charge in [-0.1, -0.05) is 12.1 Å². The average molecular weight is 419 g/mol. The van der Waals surface area contributed by atoms with E-state index in [1.54, 1.807) is 59.7 Å². The number of nitrogens with zero attached hydrogens (tertiary/aromatic N) is 1. The quantitative estimate of drug-likeness (QED) is 0.631. The predicted octanol–water partition coefficient (Wildman–Crippen LogP) is 2.82. The van der Waals surface area contributed by atoms with Gasteiger partial charge in [0.15, 0.2) is 11.5 Å². The van der Waals surface area contributed by atoms with Gasteiger partial charge in [0.2, 0.25) is 5.91 Å². The zero-order chi connectivity index (χ0) is 21.4. The summed E-state index contributed by atoms with van der Waals surface area (Å²) in [5.41, 5.74) is 1.27. The third-order valence-electron chi connectivity index (χ3n) is 4.21. The second-order valence-corrected chi connectivity index (χ2v) is 7.29. The van der Waals surface area contributed by atoms with Crippen LogP contribution in [0, 0.1) is 0 Å². The average Bonchev–Trinajstić information content (AvgIpc) is 2.74. The topological polar surface area (TPSA) is 77.1 Å². The van der Waals surface area contributed by atoms with Crippen molar-refractivity contribution in [2.45, 2.75) is 11.4 Å². The molecular formula is C21H26N2O5S. The normalized spacial score (nSPS) is 10.2. The lowest BCUT2D eigenvalue weighted by atomic mass is 10.1. The molecule has 2 amide bonds. The first kappa shape index (κ1) is 22.4. The molecule has 0 aromatic heterocycles. The van der Waals surface area contributed by atoms with Crippen molar-refractivity contribution >= 4 is 23.6 Å². The van der Waals surface area contributed by atoms with Crippen molar-refractivity contribution in [3.05, 3.63) is 47.5 Å². The van der Waals surface area contributed by atoms with E-state index in [1.807, 2.05) is 12.1 Å². The van der Waals surface area contributed by atoms with Gasteiger partial charge >= 0.3 is 0 Å². The first-order chi connectivity index (χ1) is 13.9. The zero-order valence-electron chi connectivity index (χ0n) is 17.3. The summed E-state index contributed by atoms with van der Waals surface area (Å²) in [6, 6.07) is 10.7. The molecule has 0 spiro atoms. The molecule has 0 saturated heterocycles. The summed E-state index contributed by atoms with van der Waals surface area (Å²) in [6.07, 6.45) is 0. The Morgan fingerprint density at radius 1 is 0.966 bits per heavy atom. The number of carbonyl (C=O) groups excluding carboxylic acids is 2. The maximum absolute atomic E-state index is 12.8. The molecule has 2 aromatic rings. The fraction of sp³-hybridized carbons (Fsp3) is 0.333. The van der Waals surface area contributed by atoms with E-state index in [1.165, 1.54) is 16.7 Å². The zero-order valence-corrected chi connectivity index (χ0v) is 18.1. The van der Waals surface area contributed by atoms with Crippen LogP contribution in [0.5, 0.6) is 17.2 Å². The maximum atomic E-state index is 12.8. The molecule has 0 fully saturated rings. The van der Waals surface area contributed by atoms with Crippen LogP contribution in [0.4, 0.5) is 0 Å². The van der Waals surface area contributed by atoms with Gasteiger partial charge < -0.3 is 24.4 Å². The number of nitrogens with one attached hydrogen (secondary N) is 1. The molecular weight excluding hydrogens is 392 g/mol. The van der Waals surface area contributed by atoms with Gasteiger partial charge in [0.25, 0.3) is 5.91 Å². The van der Waals surface area contributed by atoms with E-state index < -0.39 is 0 Å². The second-order valence-electron chi connectivity index (χ2n) is 6.27. The van der Waals surface area contributed by atoms with Crippen molar-refractivity contribution < 1.29 is 23.8 Å². The predicted molar refractivity (Wildman–Crippen MR) is 113 cm³/mol. The number of hydrogen-bond acceptors (Lipinski definition) is 6. The summed E-state index contributed by atoms with van der Waals surface area (Å²) in [6.45, 7) is 0.248. The Bertz CT molecular complexity index is 870. The monoisotopic (exact) mass is 418 g/mol. The van der Waals surface area contributed by atoms with Crippen LogP contribution in [-0.2, 0) is 11.3 Å². The number of carbonyl (C=O) groups is 2. The molecule has 8 heteroatoms. The SMILES string of the molecule is COc1cc(OC)c(OC)cc1CNC(=O)c1ccccc1SCC(=O)N(C)C. The molecule has 0 saturated carbocycles. The number of thioether (sulfide) groups is 1. The number of rotatable bonds is 9. The minimum absolute atomic E-state index is 0.0136. The number of amides is 2. The highest BCUT2D eigenvalue weighted by Gasteiger charge is 2.16. The van der Waals surface area contributed by atoms with Crippen molar-refractivity contribution in [3.8, 4) is 17.2 Å². The maximum Gasteiger partial charge on any atom is 0.252 e. The van der Waals surface area contributed by atoms with Crippen LogP contribution < -0.4 is 19.5 Å². The molecule has 0 bridgehead atoms. The molecule has 7 nitrogen and oxygen atoms in total. The highest BCUT2D eigenvalue weighted by atomic mass is 32.2. The molecule has 0 heterocycles. The lowest BCUT2D eigenvalue weighted by Gasteiger charge is -2.15. The Morgan fingerprint density at radius 3 is 2.21 bits per heavy atom. The largest absolute Gasteiger partial charge is 0.496 e. The van der Waals surface area contributed by atoms with Gasteiger partial charge in [0.05, 0.1) is 32.6 Å². The summed E-state index contributed by atoms with van der Waals surface area (Å²) >= 11 is 1.34. The molecule has 0 aliphatic heterocycles. The summed E-state index contributed by atoms with van der Waals surface area (Å²) in [4.78, 5) is 26.9. The molecule has 1 N–H and O–H groups in total. The van der Waals surface area contributed by atoms with Crippen LogP contribution in [0.25, 0.3) is 0 Å². The molecule has 0 unspecified atom stereocenters. The Kier molecular flexibility index (Phi) is 8.21. The number of methoxy groups -OCH3 is 3. The van der Waals surface area contributed by atoms with Crippen LogP contribution in [0.15, 0.2) is 41.3 Å². The van der Waals surface area contributed by atoms with Gasteiger partial charge in [0.1, 0.15) is 5.75 Å². The Hall–Kier alpha value is -2.87. The summed E-state index contributed by atoms with van der Waals surface area (Å²) in [7, 11) is 8.07. The fourth-order valence-electron chi connectivity index (χ4n) is 2.55. The van der Waals surface area contributed by atoms with Crippen LogP contribution in [0.1, 0.15) is 15.9 Å². The van der Waals surface area contributed by atoms with Crippen molar-refractivity contribution in [1.82, 2.24) is 10.2 Å². The van der Waals surface area contributed by atoms with E-state index in [9.17, 15) is 9.59 Å². The number of benzene rings is 2. The van der Waals surface area contributed by atoms with E-state index in [0.717, 1.165) is 10.5 Å². The molecule has 29 heavy (non-hydrogen) atoms. The minimum atomic E-state index is -0.234. The van der Waals surface area contributed by atoms with Crippen LogP contribution in [0.2, 0.25) is 0 Å². The van der Waals surface area contributed by atoms with Crippen LogP contribution in [0.3, 0.4) is 0 Å². The molecule has 2 aromatic carbocycles. The molecule has 0 radical (unpaired) electrons. The van der Waals surface area contributed by atoms with E-state index in [-0.39, 0.29) is 24.1 Å². The van der Waals surface area contributed by atoms with Gasteiger partial charge in [-0.05, 0) is 18.2 Å². The minimum Gasteiger partial charge on any atom is -0.496 e. The Labute approximate surface area is 175 Å². The van der Waals surface area contributed by atoms with E-state index in [0.29, 0.717) is 22.8 Å². The van der Waals surface area contributed by atoms with Gasteiger partial charge in [-0.3, -0.25) is 9.59 Å². The first-order valence-electron chi connectivity index (χ1n) is 8.90. The van der Waals surface area contributed by atoms with Gasteiger partial charge in [-0.2, -0.15) is 0 Å². The smallest absolute Gasteiger partial charge is 0.252 e. The molecule has 0 atom stereocenters. The number of hydrogen-bond donors (Lipinski definition) is 1. The number of ether oxygens (including phenoxy) is 3. The van der Waals surface area contributed by atoms with E-state index in [2.05, 4.69) is 5.32 Å². The van der Waals surface area contributed by atoms with Crippen molar-refractivity contribution in [2.24, 2.45) is 0 Å². The van der Waals surface area contributed by atoms with Crippen LogP contribution in [-0.4, -0.2) is 57.9 Å². The lowest BCUT2D eigenvalue weighted by molar-refractivity contribution is -0.125. The molecule has 0 aliphatic carbocycles. The Balaban J connectivity index is 2.15. The second kappa shape index (κ2) is 10.6. The summed E-state index contributed by atoms with van der Waals surface area (Å²) in [5, 5.41) is 2.91. The van der Waals surface area contributed by atoms with Crippen molar-refractivity contribution in [3.63, 3.8) is 0 Å². The summed E-state index contributed by atoms with van der Waals surface area (Å²) < 4.78 is 16.0. The highest BCUT2D eigenvalue weighted by molar-refractivity contribution is 8.00. The van der Waals surface area contributed by atoms with Crippen molar-refractivity contribution in [1.29, 1.82) is 0 Å². The third-order valence-corrected chi connectivity index (χ3v) is 5.27. The van der Waals surface area contributed by atoms with Crippen molar-refractivity contribution in [2.75, 3.05) is 41.2 Å². The third kappa shape index (κ3) is 5.80. The lowest BCUT2D eigenvalue weighted by Crippen LogP contribution is -2.25. The van der Waals surface area contributed by atoms with Crippen LogP contribution >= 0.6 is 11.8 Å². The first-order valence-corrected chi connectivity index (χ1v) is 9.88. The fourth-order valence-corrected chi connectivity index (χ4v) is 3.58. The van der Waals surface area contributed by atoms with Gasteiger partial charge in [0, 0.05) is 37.2 Å². The Morgan fingerprint density at radius 2 is 1.59 bits per heavy atom. The van der Waals surface area contributed by atoms with Gasteiger partial charge in [-0.15, -0.1) is 11.8 Å². The van der Waals surface area contributed by atoms with E-state index >= 15 is 0 Å². The van der Waals surface area contributed by atoms with E-state index in [4.69, 9.17) is 14.2 Å². The van der Waals surface area contributed by atoms with Gasteiger partial charge in [-0.25, -0.2) is 0 Å². The standard InChI is InChI=1S/C21H26N2O5S/c1-23(2)20(24)13-29-19-9-7-6-8-15(19)21(25)22-12-14-10-17(27-4)18(28-5)11-16(14)26-3/h6-11H,12-13H2,1-5H3,(H,22,25). The summed E-state index contributed by atoms with van der Waals surface area (Å²) in [5.74, 6) is 1.70. The molecule has 156 valence electrons.